The van der Waals surface area contributed by atoms with Crippen LogP contribution in [-0.2, 0) is 25.5 Å². The van der Waals surface area contributed by atoms with E-state index in [0.29, 0.717) is 13.2 Å². The maximum Gasteiger partial charge on any atom is 0.306 e. The third kappa shape index (κ3) is 5.82. The SMILES string of the molecule is CCOC(=O)CCC(=O)N(CC(=O)N1CCc2sccc2C1c1ccccc1C)C(C)CC. The molecule has 2 unspecified atom stereocenters. The van der Waals surface area contributed by atoms with Crippen molar-refractivity contribution in [2.24, 2.45) is 0 Å². The van der Waals surface area contributed by atoms with Gasteiger partial charge in [0.1, 0.15) is 6.54 Å². The molecule has 6 nitrogen and oxygen atoms in total. The number of aryl methyl sites for hydroxylation is 1. The van der Waals surface area contributed by atoms with Crippen molar-refractivity contribution in [1.82, 2.24) is 9.80 Å². The van der Waals surface area contributed by atoms with Crippen LogP contribution in [0.3, 0.4) is 0 Å². The molecule has 7 heteroatoms. The van der Waals surface area contributed by atoms with Crippen LogP contribution in [-0.4, -0.2) is 53.3 Å². The molecule has 0 aliphatic carbocycles. The first kappa shape index (κ1) is 25.0. The van der Waals surface area contributed by atoms with Crippen LogP contribution in [0.1, 0.15) is 67.6 Å². The molecule has 0 bridgehead atoms. The number of carbonyl (C=O) groups excluding carboxylic acids is 3. The number of hydrogen-bond acceptors (Lipinski definition) is 5. The number of carbonyl (C=O) groups is 3. The second kappa shape index (κ2) is 11.5. The van der Waals surface area contributed by atoms with E-state index in [1.165, 1.54) is 10.4 Å². The molecule has 0 saturated heterocycles. The summed E-state index contributed by atoms with van der Waals surface area (Å²) in [6.45, 7) is 8.68. The number of ether oxygens (including phenoxy) is 1. The molecular weight excluding hydrogens is 436 g/mol. The van der Waals surface area contributed by atoms with Crippen LogP contribution in [0.2, 0.25) is 0 Å². The van der Waals surface area contributed by atoms with Crippen LogP contribution < -0.4 is 0 Å². The third-order valence-corrected chi connectivity index (χ3v) is 7.36. The van der Waals surface area contributed by atoms with E-state index in [0.717, 1.165) is 24.0 Å². The third-order valence-electron chi connectivity index (χ3n) is 6.37. The minimum Gasteiger partial charge on any atom is -0.466 e. The second-order valence-corrected chi connectivity index (χ2v) is 9.48. The highest BCUT2D eigenvalue weighted by atomic mass is 32.1. The number of esters is 1. The predicted molar refractivity (Wildman–Crippen MR) is 130 cm³/mol. The number of fused-ring (bicyclic) bond motifs is 1. The molecular formula is C26H34N2O4S. The molecule has 1 aromatic heterocycles. The molecule has 2 aromatic rings. The average Bonchev–Trinajstić information content (AvgIpc) is 3.29. The minimum absolute atomic E-state index is 0.0124. The van der Waals surface area contributed by atoms with Gasteiger partial charge in [-0.2, -0.15) is 0 Å². The predicted octanol–water partition coefficient (Wildman–Crippen LogP) is 4.50. The molecule has 1 aromatic carbocycles. The van der Waals surface area contributed by atoms with Crippen molar-refractivity contribution in [3.05, 3.63) is 57.3 Å². The van der Waals surface area contributed by atoms with Gasteiger partial charge < -0.3 is 14.5 Å². The Balaban J connectivity index is 1.82. The van der Waals surface area contributed by atoms with Crippen molar-refractivity contribution < 1.29 is 19.1 Å². The van der Waals surface area contributed by atoms with E-state index in [1.54, 1.807) is 23.2 Å². The molecule has 0 N–H and O–H groups in total. The minimum atomic E-state index is -0.387. The number of thiophene rings is 1. The molecule has 1 aliphatic rings. The number of benzene rings is 1. The number of hydrogen-bond donors (Lipinski definition) is 0. The summed E-state index contributed by atoms with van der Waals surface area (Å²) < 4.78 is 4.95. The largest absolute Gasteiger partial charge is 0.466 e. The number of nitrogens with zero attached hydrogens (tertiary/aromatic N) is 2. The summed E-state index contributed by atoms with van der Waals surface area (Å²) in [7, 11) is 0. The summed E-state index contributed by atoms with van der Waals surface area (Å²) in [6, 6.07) is 10.1. The Labute approximate surface area is 200 Å². The zero-order valence-electron chi connectivity index (χ0n) is 20.0. The zero-order valence-corrected chi connectivity index (χ0v) is 20.8. The van der Waals surface area contributed by atoms with Crippen LogP contribution in [0.5, 0.6) is 0 Å². The van der Waals surface area contributed by atoms with Crippen LogP contribution >= 0.6 is 11.3 Å². The van der Waals surface area contributed by atoms with Crippen molar-refractivity contribution in [2.75, 3.05) is 19.7 Å². The average molecular weight is 471 g/mol. The first-order valence-corrected chi connectivity index (χ1v) is 12.6. The Bertz CT molecular complexity index is 986. The molecule has 3 rings (SSSR count). The Morgan fingerprint density at radius 3 is 2.61 bits per heavy atom. The van der Waals surface area contributed by atoms with Crippen LogP contribution in [0, 0.1) is 6.92 Å². The molecule has 178 valence electrons. The lowest BCUT2D eigenvalue weighted by atomic mass is 9.90. The van der Waals surface area contributed by atoms with Gasteiger partial charge in [0, 0.05) is 23.9 Å². The monoisotopic (exact) mass is 470 g/mol. The molecule has 33 heavy (non-hydrogen) atoms. The van der Waals surface area contributed by atoms with Crippen LogP contribution in [0.25, 0.3) is 0 Å². The molecule has 0 fully saturated rings. The zero-order chi connectivity index (χ0) is 24.0. The van der Waals surface area contributed by atoms with E-state index in [2.05, 4.69) is 30.5 Å². The molecule has 0 spiro atoms. The smallest absolute Gasteiger partial charge is 0.306 e. The molecule has 2 amide bonds. The molecule has 1 aliphatic heterocycles. The summed E-state index contributed by atoms with van der Waals surface area (Å²) in [5.74, 6) is -0.641. The van der Waals surface area contributed by atoms with Crippen molar-refractivity contribution in [2.45, 2.75) is 65.5 Å². The second-order valence-electron chi connectivity index (χ2n) is 8.48. The fourth-order valence-corrected chi connectivity index (χ4v) is 5.25. The lowest BCUT2D eigenvalue weighted by Gasteiger charge is -2.39. The van der Waals surface area contributed by atoms with Gasteiger partial charge in [-0.15, -0.1) is 11.3 Å². The summed E-state index contributed by atoms with van der Waals surface area (Å²) in [5, 5.41) is 2.09. The summed E-state index contributed by atoms with van der Waals surface area (Å²) in [6.07, 6.45) is 1.63. The van der Waals surface area contributed by atoms with E-state index in [-0.39, 0.29) is 49.3 Å². The number of rotatable bonds is 9. The van der Waals surface area contributed by atoms with Gasteiger partial charge in [0.25, 0.3) is 0 Å². The van der Waals surface area contributed by atoms with Crippen molar-refractivity contribution in [3.8, 4) is 0 Å². The Hall–Kier alpha value is -2.67. The summed E-state index contributed by atoms with van der Waals surface area (Å²) in [4.78, 5) is 43.2. The molecule has 0 radical (unpaired) electrons. The summed E-state index contributed by atoms with van der Waals surface area (Å²) in [5.41, 5.74) is 3.44. The van der Waals surface area contributed by atoms with Gasteiger partial charge in [-0.1, -0.05) is 31.2 Å². The van der Waals surface area contributed by atoms with Gasteiger partial charge in [-0.3, -0.25) is 14.4 Å². The van der Waals surface area contributed by atoms with E-state index in [4.69, 9.17) is 4.74 Å². The van der Waals surface area contributed by atoms with Crippen LogP contribution in [0.4, 0.5) is 0 Å². The van der Waals surface area contributed by atoms with E-state index >= 15 is 0 Å². The fourth-order valence-electron chi connectivity index (χ4n) is 4.35. The highest BCUT2D eigenvalue weighted by Crippen LogP contribution is 2.39. The highest BCUT2D eigenvalue weighted by molar-refractivity contribution is 7.10. The number of amides is 2. The Morgan fingerprint density at radius 2 is 1.91 bits per heavy atom. The van der Waals surface area contributed by atoms with Crippen molar-refractivity contribution >= 4 is 29.1 Å². The molecule has 2 heterocycles. The lowest BCUT2D eigenvalue weighted by molar-refractivity contribution is -0.147. The van der Waals surface area contributed by atoms with E-state index in [1.807, 2.05) is 30.9 Å². The van der Waals surface area contributed by atoms with Crippen molar-refractivity contribution in [3.63, 3.8) is 0 Å². The summed E-state index contributed by atoms with van der Waals surface area (Å²) >= 11 is 1.74. The molecule has 2 atom stereocenters. The Kier molecular flexibility index (Phi) is 8.67. The normalized spacial score (nSPS) is 16.1. The van der Waals surface area contributed by atoms with Crippen molar-refractivity contribution in [1.29, 1.82) is 0 Å². The lowest BCUT2D eigenvalue weighted by Crippen LogP contribution is -2.49. The standard InChI is InChI=1S/C26H34N2O4S/c1-5-19(4)28(23(29)11-12-25(31)32-6-2)17-24(30)27-15-13-22-21(14-16-33-22)26(27)20-10-8-7-9-18(20)3/h7-10,14,16,19,26H,5-6,11-13,15,17H2,1-4H3. The maximum atomic E-state index is 13.6. The van der Waals surface area contributed by atoms with Crippen LogP contribution in [0.15, 0.2) is 35.7 Å². The van der Waals surface area contributed by atoms with Gasteiger partial charge in [-0.25, -0.2) is 0 Å². The quantitative estimate of drug-likeness (QED) is 0.506. The highest BCUT2D eigenvalue weighted by Gasteiger charge is 2.35. The van der Waals surface area contributed by atoms with Gasteiger partial charge >= 0.3 is 5.97 Å². The molecule has 0 saturated carbocycles. The van der Waals surface area contributed by atoms with Gasteiger partial charge in [0.15, 0.2) is 0 Å². The van der Waals surface area contributed by atoms with Gasteiger partial charge in [0.2, 0.25) is 11.8 Å². The maximum absolute atomic E-state index is 13.6. The van der Waals surface area contributed by atoms with E-state index in [9.17, 15) is 14.4 Å². The fraction of sp³-hybridized carbons (Fsp3) is 0.500. The first-order chi connectivity index (χ1) is 15.9. The van der Waals surface area contributed by atoms with E-state index < -0.39 is 0 Å². The topological polar surface area (TPSA) is 66.9 Å². The van der Waals surface area contributed by atoms with Gasteiger partial charge in [0.05, 0.1) is 19.1 Å². The first-order valence-electron chi connectivity index (χ1n) is 11.7. The van der Waals surface area contributed by atoms with Gasteiger partial charge in [-0.05, 0) is 61.7 Å². The Morgan fingerprint density at radius 1 is 1.15 bits per heavy atom.